The average molecular weight is 655 g/mol. The summed E-state index contributed by atoms with van der Waals surface area (Å²) in [7, 11) is -3.72. The van der Waals surface area contributed by atoms with Crippen LogP contribution in [0, 0.1) is 0 Å². The number of piperidine rings is 1. The van der Waals surface area contributed by atoms with Gasteiger partial charge in [0.25, 0.3) is 10.0 Å². The number of hydrogen-bond donors (Lipinski definition) is 3. The summed E-state index contributed by atoms with van der Waals surface area (Å²) in [6.45, 7) is 2.37. The first-order chi connectivity index (χ1) is 22.9. The summed E-state index contributed by atoms with van der Waals surface area (Å²) in [6, 6.07) is 31.1. The van der Waals surface area contributed by atoms with Gasteiger partial charge in [0, 0.05) is 43.3 Å². The predicted octanol–water partition coefficient (Wildman–Crippen LogP) is 5.51. The Morgan fingerprint density at radius 3 is 2.23 bits per heavy atom. The van der Waals surface area contributed by atoms with Crippen LogP contribution in [0.2, 0.25) is 0 Å². The highest BCUT2D eigenvalue weighted by molar-refractivity contribution is 7.92. The highest BCUT2D eigenvalue weighted by atomic mass is 32.2. The zero-order valence-corrected chi connectivity index (χ0v) is 26.7. The fourth-order valence-electron chi connectivity index (χ4n) is 6.64. The average Bonchev–Trinajstić information content (AvgIpc) is 3.44. The van der Waals surface area contributed by atoms with Crippen molar-refractivity contribution in [2.75, 3.05) is 24.4 Å². The third kappa shape index (κ3) is 6.90. The topological polar surface area (TPSA) is 126 Å². The quantitative estimate of drug-likeness (QED) is 0.192. The fourth-order valence-corrected chi connectivity index (χ4v) is 7.72. The minimum Gasteiger partial charge on any atom is -0.392 e. The number of aromatic nitrogens is 2. The van der Waals surface area contributed by atoms with Gasteiger partial charge in [0.15, 0.2) is 6.29 Å². The first-order valence-electron chi connectivity index (χ1n) is 16.0. The van der Waals surface area contributed by atoms with E-state index in [1.54, 1.807) is 42.5 Å². The SMILES string of the molecule is O=c1[nH]c2ccccc2n1C1CCN(C[C@H]2C[C@@H](c3ccc(CO)cc3)O[C@@H](c3ccc(NS(=O)(=O)c4ccccc4)cc3)O2)CC1. The Bertz CT molecular complexity index is 1970. The molecule has 2 aliphatic heterocycles. The third-order valence-electron chi connectivity index (χ3n) is 9.11. The summed E-state index contributed by atoms with van der Waals surface area (Å²) < 4.78 is 43.3. The normalized spacial score (nSPS) is 21.2. The van der Waals surface area contributed by atoms with Gasteiger partial charge in [-0.3, -0.25) is 9.29 Å². The van der Waals surface area contributed by atoms with Crippen LogP contribution in [0.5, 0.6) is 0 Å². The van der Waals surface area contributed by atoms with Gasteiger partial charge in [0.05, 0.1) is 34.7 Å². The van der Waals surface area contributed by atoms with E-state index in [4.69, 9.17) is 9.47 Å². The third-order valence-corrected chi connectivity index (χ3v) is 10.5. The number of aliphatic hydroxyl groups is 1. The van der Waals surface area contributed by atoms with Crippen molar-refractivity contribution in [3.05, 3.63) is 130 Å². The molecule has 3 N–H and O–H groups in total. The summed E-state index contributed by atoms with van der Waals surface area (Å²) in [5.74, 6) is 0. The summed E-state index contributed by atoms with van der Waals surface area (Å²) in [5, 5.41) is 9.54. The number of benzene rings is 4. The highest BCUT2D eigenvalue weighted by Gasteiger charge is 2.34. The lowest BCUT2D eigenvalue weighted by atomic mass is 9.98. The lowest BCUT2D eigenvalue weighted by Gasteiger charge is -2.40. The minimum atomic E-state index is -3.72. The Morgan fingerprint density at radius 1 is 0.830 bits per heavy atom. The second-order valence-corrected chi connectivity index (χ2v) is 13.9. The van der Waals surface area contributed by atoms with Crippen molar-refractivity contribution in [3.8, 4) is 0 Å². The largest absolute Gasteiger partial charge is 0.392 e. The maximum atomic E-state index is 12.8. The molecule has 10 nitrogen and oxygen atoms in total. The maximum Gasteiger partial charge on any atom is 0.326 e. The molecule has 2 fully saturated rings. The van der Waals surface area contributed by atoms with Crippen LogP contribution in [0.25, 0.3) is 11.0 Å². The molecule has 0 aliphatic carbocycles. The zero-order valence-electron chi connectivity index (χ0n) is 25.9. The van der Waals surface area contributed by atoms with Crippen LogP contribution in [0.4, 0.5) is 5.69 Å². The molecular formula is C36H38N4O6S. The van der Waals surface area contributed by atoms with E-state index in [1.807, 2.05) is 65.2 Å². The first-order valence-corrected chi connectivity index (χ1v) is 17.4. The summed E-state index contributed by atoms with van der Waals surface area (Å²) >= 11 is 0. The molecular weight excluding hydrogens is 616 g/mol. The van der Waals surface area contributed by atoms with Crippen molar-refractivity contribution < 1.29 is 23.0 Å². The van der Waals surface area contributed by atoms with Gasteiger partial charge in [-0.1, -0.05) is 66.7 Å². The van der Waals surface area contributed by atoms with Crippen LogP contribution in [-0.4, -0.2) is 53.7 Å². The lowest BCUT2D eigenvalue weighted by molar-refractivity contribution is -0.253. The molecule has 4 aromatic carbocycles. The number of ether oxygens (including phenoxy) is 2. The Morgan fingerprint density at radius 2 is 1.51 bits per heavy atom. The summed E-state index contributed by atoms with van der Waals surface area (Å²) in [6.07, 6.45) is 1.37. The molecule has 0 saturated carbocycles. The van der Waals surface area contributed by atoms with Gasteiger partial charge < -0.3 is 24.5 Å². The molecule has 1 aromatic heterocycles. The number of aromatic amines is 1. The molecule has 0 spiro atoms. The molecule has 0 amide bonds. The number of likely N-dealkylation sites (tertiary alicyclic amines) is 1. The van der Waals surface area contributed by atoms with Crippen molar-refractivity contribution in [1.82, 2.24) is 14.5 Å². The monoisotopic (exact) mass is 654 g/mol. The van der Waals surface area contributed by atoms with E-state index < -0.39 is 16.3 Å². The standard InChI is InChI=1S/C36H38N4O6S/c41-24-25-10-12-26(13-11-25)34-22-30(23-39-20-18-29(19-21-39)40-33-9-5-4-8-32(33)37-36(40)42)45-35(46-34)27-14-16-28(17-15-27)38-47(43,44)31-6-2-1-3-7-31/h1-17,29-30,34-35,38,41H,18-24H2,(H,37,42)/t30-,34+,35+/m1/s1. The van der Waals surface area contributed by atoms with E-state index in [-0.39, 0.29) is 35.4 Å². The number of H-pyrrole nitrogens is 1. The zero-order chi connectivity index (χ0) is 32.4. The number of sulfonamides is 1. The number of hydrogen-bond acceptors (Lipinski definition) is 7. The second-order valence-electron chi connectivity index (χ2n) is 12.2. The molecule has 3 atom stereocenters. The fraction of sp³-hybridized carbons (Fsp3) is 0.306. The van der Waals surface area contributed by atoms with E-state index in [2.05, 4.69) is 14.6 Å². The van der Waals surface area contributed by atoms with Gasteiger partial charge in [-0.15, -0.1) is 0 Å². The molecule has 244 valence electrons. The van der Waals surface area contributed by atoms with Crippen LogP contribution in [-0.2, 0) is 26.1 Å². The Balaban J connectivity index is 1.05. The number of aliphatic hydroxyl groups excluding tert-OH is 1. The number of fused-ring (bicyclic) bond motifs is 1. The molecule has 7 rings (SSSR count). The molecule has 0 radical (unpaired) electrons. The van der Waals surface area contributed by atoms with Crippen molar-refractivity contribution in [1.29, 1.82) is 0 Å². The van der Waals surface area contributed by atoms with E-state index in [9.17, 15) is 18.3 Å². The minimum absolute atomic E-state index is 0.0266. The van der Waals surface area contributed by atoms with Crippen molar-refractivity contribution in [2.24, 2.45) is 0 Å². The first kappa shape index (κ1) is 31.3. The van der Waals surface area contributed by atoms with Gasteiger partial charge in [0.1, 0.15) is 0 Å². The molecule has 2 saturated heterocycles. The van der Waals surface area contributed by atoms with Gasteiger partial charge in [-0.2, -0.15) is 0 Å². The molecule has 5 aromatic rings. The van der Waals surface area contributed by atoms with Crippen molar-refractivity contribution >= 4 is 26.7 Å². The van der Waals surface area contributed by atoms with Gasteiger partial charge in [0.2, 0.25) is 0 Å². The van der Waals surface area contributed by atoms with Gasteiger partial charge >= 0.3 is 5.69 Å². The van der Waals surface area contributed by atoms with Gasteiger partial charge in [-0.25, -0.2) is 13.2 Å². The van der Waals surface area contributed by atoms with Crippen LogP contribution >= 0.6 is 0 Å². The highest BCUT2D eigenvalue weighted by Crippen LogP contribution is 2.39. The Labute approximate surface area is 273 Å². The van der Waals surface area contributed by atoms with E-state index >= 15 is 0 Å². The molecule has 11 heteroatoms. The number of nitrogens with zero attached hydrogens (tertiary/aromatic N) is 2. The molecule has 0 bridgehead atoms. The van der Waals surface area contributed by atoms with Gasteiger partial charge in [-0.05, 0) is 60.4 Å². The van der Waals surface area contributed by atoms with Crippen LogP contribution in [0.1, 0.15) is 54.4 Å². The van der Waals surface area contributed by atoms with Crippen LogP contribution < -0.4 is 10.4 Å². The van der Waals surface area contributed by atoms with Crippen LogP contribution in [0.3, 0.4) is 0 Å². The van der Waals surface area contributed by atoms with E-state index in [1.165, 1.54) is 0 Å². The molecule has 3 heterocycles. The Hall–Kier alpha value is -4.26. The number of para-hydroxylation sites is 2. The van der Waals surface area contributed by atoms with Crippen LogP contribution in [0.15, 0.2) is 113 Å². The van der Waals surface area contributed by atoms with Crippen molar-refractivity contribution in [3.63, 3.8) is 0 Å². The number of anilines is 1. The Kier molecular flexibility index (Phi) is 8.98. The van der Waals surface area contributed by atoms with Crippen molar-refractivity contribution in [2.45, 2.75) is 55.3 Å². The lowest BCUT2D eigenvalue weighted by Crippen LogP contribution is -2.43. The number of rotatable bonds is 9. The second kappa shape index (κ2) is 13.5. The van der Waals surface area contributed by atoms with E-state index in [0.717, 1.165) is 60.2 Å². The maximum absolute atomic E-state index is 12.8. The van der Waals surface area contributed by atoms with E-state index in [0.29, 0.717) is 12.1 Å². The molecule has 2 aliphatic rings. The molecule has 0 unspecified atom stereocenters. The molecule has 47 heavy (non-hydrogen) atoms. The summed E-state index contributed by atoms with van der Waals surface area (Å²) in [5.41, 5.74) is 4.81. The number of nitrogens with one attached hydrogen (secondary N) is 2. The summed E-state index contributed by atoms with van der Waals surface area (Å²) in [4.78, 5) is 18.4. The smallest absolute Gasteiger partial charge is 0.326 e. The number of imidazole rings is 1. The predicted molar refractivity (Wildman–Crippen MR) is 179 cm³/mol.